The predicted molar refractivity (Wildman–Crippen MR) is 132 cm³/mol. The van der Waals surface area contributed by atoms with Crippen molar-refractivity contribution in [2.24, 2.45) is 0 Å². The van der Waals surface area contributed by atoms with Gasteiger partial charge in [0.2, 0.25) is 5.91 Å². The summed E-state index contributed by atoms with van der Waals surface area (Å²) < 4.78 is 11.4. The SMILES string of the molecule is O=C(Nc1ccc(NC(=O)C2(c3ccc4c(c3)OCCO4)CCCC2)cc1)N1CCCCCC1. The maximum absolute atomic E-state index is 13.5. The van der Waals surface area contributed by atoms with Gasteiger partial charge in [-0.2, -0.15) is 0 Å². The fraction of sp³-hybridized carbons (Fsp3) is 0.481. The maximum Gasteiger partial charge on any atom is 0.321 e. The average Bonchev–Trinajstić information content (AvgIpc) is 3.21. The van der Waals surface area contributed by atoms with E-state index in [1.54, 1.807) is 0 Å². The fourth-order valence-corrected chi connectivity index (χ4v) is 5.33. The lowest BCUT2D eigenvalue weighted by molar-refractivity contribution is -0.121. The van der Waals surface area contributed by atoms with E-state index in [2.05, 4.69) is 10.6 Å². The normalized spacial score (nSPS) is 19.2. The molecule has 3 amide bonds. The quantitative estimate of drug-likeness (QED) is 0.643. The molecule has 180 valence electrons. The molecular weight excluding hydrogens is 430 g/mol. The van der Waals surface area contributed by atoms with Crippen molar-refractivity contribution in [3.8, 4) is 11.5 Å². The van der Waals surface area contributed by atoms with Crippen LogP contribution in [0.2, 0.25) is 0 Å². The molecule has 34 heavy (non-hydrogen) atoms. The third-order valence-corrected chi connectivity index (χ3v) is 7.27. The molecule has 0 spiro atoms. The molecule has 2 N–H and O–H groups in total. The van der Waals surface area contributed by atoms with E-state index in [0.717, 1.165) is 74.3 Å². The van der Waals surface area contributed by atoms with Gasteiger partial charge >= 0.3 is 6.03 Å². The van der Waals surface area contributed by atoms with Gasteiger partial charge in [-0.05, 0) is 67.6 Å². The van der Waals surface area contributed by atoms with E-state index in [1.807, 2.05) is 47.4 Å². The Morgan fingerprint density at radius 3 is 2.03 bits per heavy atom. The summed E-state index contributed by atoms with van der Waals surface area (Å²) in [6.07, 6.45) is 8.14. The summed E-state index contributed by atoms with van der Waals surface area (Å²) in [6, 6.07) is 13.2. The summed E-state index contributed by atoms with van der Waals surface area (Å²) in [5.74, 6) is 1.46. The Hall–Kier alpha value is -3.22. The first-order valence-corrected chi connectivity index (χ1v) is 12.5. The minimum absolute atomic E-state index is 0.00281. The summed E-state index contributed by atoms with van der Waals surface area (Å²) in [6.45, 7) is 2.69. The number of hydrogen-bond acceptors (Lipinski definition) is 4. The summed E-state index contributed by atoms with van der Waals surface area (Å²) in [4.78, 5) is 28.0. The van der Waals surface area contributed by atoms with Gasteiger partial charge in [0.15, 0.2) is 11.5 Å². The molecule has 0 radical (unpaired) electrons. The van der Waals surface area contributed by atoms with Crippen LogP contribution in [0.1, 0.15) is 56.9 Å². The molecule has 2 aromatic rings. The van der Waals surface area contributed by atoms with Crippen LogP contribution in [0, 0.1) is 0 Å². The van der Waals surface area contributed by atoms with Crippen molar-refractivity contribution in [1.29, 1.82) is 0 Å². The monoisotopic (exact) mass is 463 g/mol. The number of carbonyl (C=O) groups is 2. The molecule has 7 heteroatoms. The highest BCUT2D eigenvalue weighted by atomic mass is 16.6. The second kappa shape index (κ2) is 9.95. The fourth-order valence-electron chi connectivity index (χ4n) is 5.33. The van der Waals surface area contributed by atoms with Crippen molar-refractivity contribution in [3.05, 3.63) is 48.0 Å². The van der Waals surface area contributed by atoms with E-state index >= 15 is 0 Å². The molecule has 5 rings (SSSR count). The van der Waals surface area contributed by atoms with Crippen LogP contribution in [-0.2, 0) is 10.2 Å². The van der Waals surface area contributed by atoms with Crippen LogP contribution in [0.25, 0.3) is 0 Å². The molecule has 0 atom stereocenters. The number of urea groups is 1. The van der Waals surface area contributed by atoms with E-state index in [1.165, 1.54) is 12.8 Å². The number of rotatable bonds is 4. The molecule has 2 aromatic carbocycles. The van der Waals surface area contributed by atoms with Crippen molar-refractivity contribution >= 4 is 23.3 Å². The van der Waals surface area contributed by atoms with E-state index in [-0.39, 0.29) is 11.9 Å². The van der Waals surface area contributed by atoms with Crippen molar-refractivity contribution in [2.75, 3.05) is 36.9 Å². The Kier molecular flexibility index (Phi) is 6.61. The number of carbonyl (C=O) groups excluding carboxylic acids is 2. The second-order valence-electron chi connectivity index (χ2n) is 9.51. The van der Waals surface area contributed by atoms with Gasteiger partial charge in [-0.25, -0.2) is 4.79 Å². The van der Waals surface area contributed by atoms with Gasteiger partial charge in [-0.3, -0.25) is 4.79 Å². The first-order chi connectivity index (χ1) is 16.6. The summed E-state index contributed by atoms with van der Waals surface area (Å²) in [5.41, 5.74) is 1.86. The van der Waals surface area contributed by atoms with Gasteiger partial charge in [0.1, 0.15) is 13.2 Å². The van der Waals surface area contributed by atoms with Crippen molar-refractivity contribution < 1.29 is 19.1 Å². The minimum atomic E-state index is -0.574. The van der Waals surface area contributed by atoms with Gasteiger partial charge in [-0.15, -0.1) is 0 Å². The number of anilines is 2. The van der Waals surface area contributed by atoms with E-state index < -0.39 is 5.41 Å². The van der Waals surface area contributed by atoms with Crippen LogP contribution in [-0.4, -0.2) is 43.1 Å². The van der Waals surface area contributed by atoms with Crippen LogP contribution in [0.4, 0.5) is 16.2 Å². The minimum Gasteiger partial charge on any atom is -0.486 e. The standard InChI is InChI=1S/C27H33N3O4/c31-25(27(13-3-4-14-27)20-7-12-23-24(19-20)34-18-17-33-23)28-21-8-10-22(11-9-21)29-26(32)30-15-5-1-2-6-16-30/h7-12,19H,1-6,13-18H2,(H,28,31)(H,29,32). The van der Waals surface area contributed by atoms with Gasteiger partial charge in [-0.1, -0.05) is 31.7 Å². The van der Waals surface area contributed by atoms with E-state index in [0.29, 0.717) is 19.0 Å². The Morgan fingerprint density at radius 1 is 0.735 bits per heavy atom. The zero-order chi connectivity index (χ0) is 23.4. The Bertz CT molecular complexity index is 1020. The number of nitrogens with one attached hydrogen (secondary N) is 2. The molecule has 3 aliphatic rings. The largest absolute Gasteiger partial charge is 0.486 e. The van der Waals surface area contributed by atoms with Crippen LogP contribution >= 0.6 is 0 Å². The zero-order valence-corrected chi connectivity index (χ0v) is 19.6. The molecule has 1 aliphatic carbocycles. The van der Waals surface area contributed by atoms with Crippen LogP contribution in [0.15, 0.2) is 42.5 Å². The average molecular weight is 464 g/mol. The number of fused-ring (bicyclic) bond motifs is 1. The maximum atomic E-state index is 13.5. The zero-order valence-electron chi connectivity index (χ0n) is 19.6. The Labute approximate surface area is 200 Å². The van der Waals surface area contributed by atoms with Crippen molar-refractivity contribution in [2.45, 2.75) is 56.8 Å². The molecule has 1 saturated carbocycles. The summed E-state index contributed by atoms with van der Waals surface area (Å²) >= 11 is 0. The molecule has 2 fully saturated rings. The van der Waals surface area contributed by atoms with Gasteiger partial charge < -0.3 is 25.0 Å². The topological polar surface area (TPSA) is 79.9 Å². The summed E-state index contributed by atoms with van der Waals surface area (Å²) in [7, 11) is 0. The second-order valence-corrected chi connectivity index (χ2v) is 9.51. The Balaban J connectivity index is 1.27. The molecule has 7 nitrogen and oxygen atoms in total. The van der Waals surface area contributed by atoms with Crippen LogP contribution in [0.5, 0.6) is 11.5 Å². The van der Waals surface area contributed by atoms with E-state index in [4.69, 9.17) is 9.47 Å². The molecular formula is C27H33N3O4. The Morgan fingerprint density at radius 2 is 1.35 bits per heavy atom. The molecule has 0 unspecified atom stereocenters. The number of likely N-dealkylation sites (tertiary alicyclic amines) is 1. The smallest absolute Gasteiger partial charge is 0.321 e. The van der Waals surface area contributed by atoms with Crippen molar-refractivity contribution in [1.82, 2.24) is 4.90 Å². The predicted octanol–water partition coefficient (Wildman–Crippen LogP) is 5.32. The first kappa shape index (κ1) is 22.6. The highest BCUT2D eigenvalue weighted by Gasteiger charge is 2.43. The molecule has 0 bridgehead atoms. The first-order valence-electron chi connectivity index (χ1n) is 12.5. The third-order valence-electron chi connectivity index (χ3n) is 7.27. The lowest BCUT2D eigenvalue weighted by Crippen LogP contribution is -2.38. The highest BCUT2D eigenvalue weighted by Crippen LogP contribution is 2.45. The molecule has 0 aromatic heterocycles. The van der Waals surface area contributed by atoms with Crippen molar-refractivity contribution in [3.63, 3.8) is 0 Å². The molecule has 2 heterocycles. The lowest BCUT2D eigenvalue weighted by atomic mass is 9.77. The molecule has 1 saturated heterocycles. The molecule has 2 aliphatic heterocycles. The number of amides is 3. The summed E-state index contributed by atoms with van der Waals surface area (Å²) in [5, 5.41) is 6.11. The van der Waals surface area contributed by atoms with Crippen LogP contribution < -0.4 is 20.1 Å². The van der Waals surface area contributed by atoms with Gasteiger partial charge in [0.05, 0.1) is 5.41 Å². The van der Waals surface area contributed by atoms with E-state index in [9.17, 15) is 9.59 Å². The lowest BCUT2D eigenvalue weighted by Gasteiger charge is -2.30. The number of nitrogens with zero attached hydrogens (tertiary/aromatic N) is 1. The van der Waals surface area contributed by atoms with Gasteiger partial charge in [0, 0.05) is 24.5 Å². The number of benzene rings is 2. The highest BCUT2D eigenvalue weighted by molar-refractivity contribution is 6.00. The van der Waals surface area contributed by atoms with Crippen LogP contribution in [0.3, 0.4) is 0 Å². The third kappa shape index (κ3) is 4.69. The number of ether oxygens (including phenoxy) is 2. The van der Waals surface area contributed by atoms with Gasteiger partial charge in [0.25, 0.3) is 0 Å². The number of hydrogen-bond donors (Lipinski definition) is 2.